The summed E-state index contributed by atoms with van der Waals surface area (Å²) >= 11 is 0. The summed E-state index contributed by atoms with van der Waals surface area (Å²) in [6, 6.07) is 32.0. The third kappa shape index (κ3) is 4.06. The first-order valence-electron chi connectivity index (χ1n) is 7.09. The van der Waals surface area contributed by atoms with Crippen molar-refractivity contribution < 1.29 is 9.90 Å². The number of hydrogen-bond donors (Lipinski definition) is 1. The molecule has 0 radical (unpaired) electrons. The average molecular weight is 290 g/mol. The van der Waals surface area contributed by atoms with E-state index in [4.69, 9.17) is 9.90 Å². The Hall–Kier alpha value is -2.87. The minimum atomic E-state index is -0.250. The molecular weight excluding hydrogens is 272 g/mol. The van der Waals surface area contributed by atoms with Crippen LogP contribution in [-0.2, 0) is 4.79 Å². The maximum Gasteiger partial charge on any atom is 0.290 e. The number of hydrogen-bond acceptors (Lipinski definition) is 1. The van der Waals surface area contributed by atoms with Crippen LogP contribution in [0.25, 0.3) is 0 Å². The first-order valence-corrected chi connectivity index (χ1v) is 7.09. The van der Waals surface area contributed by atoms with Crippen molar-refractivity contribution in [3.05, 3.63) is 108 Å². The molecule has 0 amide bonds. The van der Waals surface area contributed by atoms with Gasteiger partial charge in [-0.3, -0.25) is 4.79 Å². The van der Waals surface area contributed by atoms with Crippen molar-refractivity contribution in [2.24, 2.45) is 0 Å². The minimum absolute atomic E-state index is 0.250. The van der Waals surface area contributed by atoms with E-state index < -0.39 is 0 Å². The van der Waals surface area contributed by atoms with Gasteiger partial charge in [0.1, 0.15) is 0 Å². The molecule has 0 bridgehead atoms. The zero-order valence-electron chi connectivity index (χ0n) is 12.2. The van der Waals surface area contributed by atoms with Crippen LogP contribution < -0.4 is 0 Å². The Morgan fingerprint density at radius 3 is 1.05 bits per heavy atom. The molecule has 0 unspecified atom stereocenters. The van der Waals surface area contributed by atoms with Crippen molar-refractivity contribution in [3.8, 4) is 0 Å². The third-order valence-electron chi connectivity index (χ3n) is 3.40. The molecule has 1 N–H and O–H groups in total. The number of carbonyl (C=O) groups is 1. The van der Waals surface area contributed by atoms with Crippen LogP contribution in [0.1, 0.15) is 22.6 Å². The summed E-state index contributed by atoms with van der Waals surface area (Å²) < 4.78 is 0. The van der Waals surface area contributed by atoms with E-state index in [1.54, 1.807) is 0 Å². The maximum atomic E-state index is 8.36. The quantitative estimate of drug-likeness (QED) is 0.567. The molecule has 3 aromatic rings. The number of carboxylic acid groups (broad SMARTS) is 1. The molecule has 3 rings (SSSR count). The molecule has 110 valence electrons. The van der Waals surface area contributed by atoms with Crippen molar-refractivity contribution in [2.75, 3.05) is 0 Å². The van der Waals surface area contributed by atoms with Crippen molar-refractivity contribution in [1.82, 2.24) is 0 Å². The second-order valence-corrected chi connectivity index (χ2v) is 4.77. The summed E-state index contributed by atoms with van der Waals surface area (Å²) in [7, 11) is 0. The van der Waals surface area contributed by atoms with E-state index in [0.717, 1.165) is 0 Å². The molecule has 0 saturated heterocycles. The molecule has 0 saturated carbocycles. The molecule has 0 aromatic heterocycles. The lowest BCUT2D eigenvalue weighted by Crippen LogP contribution is -2.02. The van der Waals surface area contributed by atoms with Gasteiger partial charge in [0.05, 0.1) is 0 Å². The van der Waals surface area contributed by atoms with Crippen LogP contribution in [0, 0.1) is 0 Å². The standard InChI is InChI=1S/C19H16.CH2O2/c1-4-10-16(11-5-1)19(17-12-6-2-7-13-17)18-14-8-3-9-15-18;2-1-3/h1-15,19H;1H,(H,2,3). The second-order valence-electron chi connectivity index (χ2n) is 4.77. The predicted molar refractivity (Wildman–Crippen MR) is 89.0 cm³/mol. The smallest absolute Gasteiger partial charge is 0.290 e. The molecule has 0 aliphatic carbocycles. The van der Waals surface area contributed by atoms with Crippen LogP contribution in [-0.4, -0.2) is 11.6 Å². The Morgan fingerprint density at radius 2 is 0.818 bits per heavy atom. The summed E-state index contributed by atoms with van der Waals surface area (Å²) in [6.45, 7) is -0.250. The molecule has 0 fully saturated rings. The lowest BCUT2D eigenvalue weighted by Gasteiger charge is -2.18. The highest BCUT2D eigenvalue weighted by molar-refractivity contribution is 5.42. The van der Waals surface area contributed by atoms with Crippen molar-refractivity contribution in [3.63, 3.8) is 0 Å². The highest BCUT2D eigenvalue weighted by atomic mass is 16.3. The van der Waals surface area contributed by atoms with Gasteiger partial charge in [0, 0.05) is 5.92 Å². The normalized spacial score (nSPS) is 9.68. The summed E-state index contributed by atoms with van der Waals surface area (Å²) in [5.74, 6) is 0.309. The van der Waals surface area contributed by atoms with Gasteiger partial charge in [0.2, 0.25) is 0 Å². The number of benzene rings is 3. The van der Waals surface area contributed by atoms with Crippen LogP contribution >= 0.6 is 0 Å². The number of rotatable bonds is 3. The van der Waals surface area contributed by atoms with Gasteiger partial charge >= 0.3 is 0 Å². The maximum absolute atomic E-state index is 8.36. The van der Waals surface area contributed by atoms with Gasteiger partial charge in [-0.2, -0.15) is 0 Å². The van der Waals surface area contributed by atoms with Crippen molar-refractivity contribution in [2.45, 2.75) is 5.92 Å². The molecule has 0 spiro atoms. The Balaban J connectivity index is 0.000000545. The molecular formula is C20H18O2. The van der Waals surface area contributed by atoms with E-state index in [0.29, 0.717) is 5.92 Å². The van der Waals surface area contributed by atoms with Crippen LogP contribution in [0.3, 0.4) is 0 Å². The van der Waals surface area contributed by atoms with Gasteiger partial charge in [-0.15, -0.1) is 0 Å². The minimum Gasteiger partial charge on any atom is -0.483 e. The van der Waals surface area contributed by atoms with Gasteiger partial charge in [-0.1, -0.05) is 91.0 Å². The van der Waals surface area contributed by atoms with Gasteiger partial charge < -0.3 is 5.11 Å². The SMILES string of the molecule is O=CO.c1ccc(C(c2ccccc2)c2ccccc2)cc1. The molecule has 0 aliphatic rings. The summed E-state index contributed by atoms with van der Waals surface area (Å²) in [4.78, 5) is 8.36. The van der Waals surface area contributed by atoms with Crippen molar-refractivity contribution >= 4 is 6.47 Å². The molecule has 0 heterocycles. The van der Waals surface area contributed by atoms with Crippen LogP contribution in [0.5, 0.6) is 0 Å². The molecule has 0 aliphatic heterocycles. The van der Waals surface area contributed by atoms with Crippen molar-refractivity contribution in [1.29, 1.82) is 0 Å². The van der Waals surface area contributed by atoms with E-state index in [1.807, 2.05) is 0 Å². The highest BCUT2D eigenvalue weighted by Crippen LogP contribution is 2.31. The van der Waals surface area contributed by atoms with E-state index in [-0.39, 0.29) is 6.47 Å². The van der Waals surface area contributed by atoms with Gasteiger partial charge in [0.15, 0.2) is 0 Å². The molecule has 0 atom stereocenters. The van der Waals surface area contributed by atoms with Gasteiger partial charge in [0.25, 0.3) is 6.47 Å². The molecule has 3 aromatic carbocycles. The predicted octanol–water partition coefficient (Wildman–Crippen LogP) is 4.57. The topological polar surface area (TPSA) is 37.3 Å². The van der Waals surface area contributed by atoms with Gasteiger partial charge in [-0.25, -0.2) is 0 Å². The fraction of sp³-hybridized carbons (Fsp3) is 0.0500. The molecule has 2 nitrogen and oxygen atoms in total. The summed E-state index contributed by atoms with van der Waals surface area (Å²) in [5, 5.41) is 6.89. The van der Waals surface area contributed by atoms with Crippen LogP contribution in [0.2, 0.25) is 0 Å². The lowest BCUT2D eigenvalue weighted by molar-refractivity contribution is -0.122. The fourth-order valence-corrected chi connectivity index (χ4v) is 2.51. The Labute approximate surface area is 130 Å². The molecule has 22 heavy (non-hydrogen) atoms. The summed E-state index contributed by atoms with van der Waals surface area (Å²) in [6.07, 6.45) is 0. The molecule has 2 heteroatoms. The fourth-order valence-electron chi connectivity index (χ4n) is 2.51. The Kier molecular flexibility index (Phi) is 5.94. The second kappa shape index (κ2) is 8.42. The third-order valence-corrected chi connectivity index (χ3v) is 3.40. The first-order chi connectivity index (χ1) is 10.9. The van der Waals surface area contributed by atoms with Gasteiger partial charge in [-0.05, 0) is 16.7 Å². The van der Waals surface area contributed by atoms with E-state index in [2.05, 4.69) is 91.0 Å². The largest absolute Gasteiger partial charge is 0.483 e. The van der Waals surface area contributed by atoms with E-state index in [1.165, 1.54) is 16.7 Å². The Morgan fingerprint density at radius 1 is 0.591 bits per heavy atom. The summed E-state index contributed by atoms with van der Waals surface area (Å²) in [5.41, 5.74) is 4.00. The first kappa shape index (κ1) is 15.5. The van der Waals surface area contributed by atoms with E-state index in [9.17, 15) is 0 Å². The monoisotopic (exact) mass is 290 g/mol. The lowest BCUT2D eigenvalue weighted by atomic mass is 9.85. The highest BCUT2D eigenvalue weighted by Gasteiger charge is 2.15. The zero-order valence-corrected chi connectivity index (χ0v) is 12.2. The van der Waals surface area contributed by atoms with E-state index >= 15 is 0 Å². The average Bonchev–Trinajstić information content (AvgIpc) is 2.59. The van der Waals surface area contributed by atoms with Crippen LogP contribution in [0.15, 0.2) is 91.0 Å². The Bertz CT molecular complexity index is 570. The zero-order chi connectivity index (χ0) is 15.6. The van der Waals surface area contributed by atoms with Crippen LogP contribution in [0.4, 0.5) is 0 Å².